The monoisotopic (exact) mass is 289 g/mol. The molecule has 0 aliphatic carbocycles. The summed E-state index contributed by atoms with van der Waals surface area (Å²) in [4.78, 5) is 5.10. The van der Waals surface area contributed by atoms with Crippen molar-refractivity contribution in [3.05, 3.63) is 35.4 Å². The number of piperazine rings is 1. The highest BCUT2D eigenvalue weighted by Crippen LogP contribution is 2.10. The van der Waals surface area contributed by atoms with Gasteiger partial charge in [0.2, 0.25) is 0 Å². The molecule has 1 fully saturated rings. The predicted octanol–water partition coefficient (Wildman–Crippen LogP) is 2.57. The van der Waals surface area contributed by atoms with Crippen LogP contribution in [0, 0.1) is 5.92 Å². The Morgan fingerprint density at radius 1 is 0.952 bits per heavy atom. The van der Waals surface area contributed by atoms with Crippen molar-refractivity contribution in [2.24, 2.45) is 5.92 Å². The molecule has 0 unspecified atom stereocenters. The molecule has 118 valence electrons. The quantitative estimate of drug-likeness (QED) is 0.832. The zero-order chi connectivity index (χ0) is 15.1. The highest BCUT2D eigenvalue weighted by atomic mass is 15.3. The molecule has 0 amide bonds. The SMILES string of the molecule is CCN1CCN(Cc2ccc(CNCC(C)C)cc2)CC1. The molecule has 0 aromatic heterocycles. The van der Waals surface area contributed by atoms with Crippen LogP contribution in [-0.4, -0.2) is 49.1 Å². The molecule has 0 bridgehead atoms. The number of rotatable bonds is 7. The van der Waals surface area contributed by atoms with Crippen LogP contribution in [0.3, 0.4) is 0 Å². The summed E-state index contributed by atoms with van der Waals surface area (Å²) in [6, 6.07) is 9.12. The molecule has 3 heteroatoms. The van der Waals surface area contributed by atoms with Gasteiger partial charge in [-0.1, -0.05) is 45.0 Å². The maximum atomic E-state index is 3.50. The third kappa shape index (κ3) is 5.77. The van der Waals surface area contributed by atoms with Crippen LogP contribution in [0.4, 0.5) is 0 Å². The lowest BCUT2D eigenvalue weighted by Crippen LogP contribution is -2.45. The van der Waals surface area contributed by atoms with Crippen LogP contribution in [0.15, 0.2) is 24.3 Å². The molecule has 0 saturated carbocycles. The molecule has 1 N–H and O–H groups in total. The Labute approximate surface area is 130 Å². The number of hydrogen-bond donors (Lipinski definition) is 1. The van der Waals surface area contributed by atoms with Crippen LogP contribution in [0.1, 0.15) is 31.9 Å². The van der Waals surface area contributed by atoms with Gasteiger partial charge in [-0.15, -0.1) is 0 Å². The summed E-state index contributed by atoms with van der Waals surface area (Å²) in [6.45, 7) is 15.9. The van der Waals surface area contributed by atoms with Gasteiger partial charge in [0.25, 0.3) is 0 Å². The second kappa shape index (κ2) is 8.52. The summed E-state index contributed by atoms with van der Waals surface area (Å²) >= 11 is 0. The molecule has 21 heavy (non-hydrogen) atoms. The molecule has 1 aliphatic rings. The van der Waals surface area contributed by atoms with Gasteiger partial charge in [-0.3, -0.25) is 4.90 Å². The summed E-state index contributed by atoms with van der Waals surface area (Å²) in [5.74, 6) is 0.714. The first-order chi connectivity index (χ1) is 10.2. The number of benzene rings is 1. The van der Waals surface area contributed by atoms with Crippen molar-refractivity contribution >= 4 is 0 Å². The van der Waals surface area contributed by atoms with Crippen molar-refractivity contribution in [2.45, 2.75) is 33.9 Å². The summed E-state index contributed by atoms with van der Waals surface area (Å²) < 4.78 is 0. The van der Waals surface area contributed by atoms with Crippen LogP contribution in [0.25, 0.3) is 0 Å². The van der Waals surface area contributed by atoms with Crippen LogP contribution >= 0.6 is 0 Å². The minimum atomic E-state index is 0.714. The van der Waals surface area contributed by atoms with Gasteiger partial charge in [-0.25, -0.2) is 0 Å². The smallest absolute Gasteiger partial charge is 0.0234 e. The Kier molecular flexibility index (Phi) is 6.68. The van der Waals surface area contributed by atoms with E-state index < -0.39 is 0 Å². The minimum absolute atomic E-state index is 0.714. The van der Waals surface area contributed by atoms with E-state index in [0.29, 0.717) is 5.92 Å². The van der Waals surface area contributed by atoms with Gasteiger partial charge in [0.05, 0.1) is 0 Å². The van der Waals surface area contributed by atoms with Crippen molar-refractivity contribution in [1.82, 2.24) is 15.1 Å². The van der Waals surface area contributed by atoms with E-state index in [0.717, 1.165) is 19.6 Å². The van der Waals surface area contributed by atoms with Crippen LogP contribution in [0.2, 0.25) is 0 Å². The fourth-order valence-electron chi connectivity index (χ4n) is 2.79. The third-order valence-corrected chi connectivity index (χ3v) is 4.22. The molecule has 0 spiro atoms. The zero-order valence-corrected chi connectivity index (χ0v) is 13.9. The molecule has 3 nitrogen and oxygen atoms in total. The third-order valence-electron chi connectivity index (χ3n) is 4.22. The van der Waals surface area contributed by atoms with Gasteiger partial charge in [0.15, 0.2) is 0 Å². The molecular weight excluding hydrogens is 258 g/mol. The second-order valence-electron chi connectivity index (χ2n) is 6.55. The number of hydrogen-bond acceptors (Lipinski definition) is 3. The second-order valence-corrected chi connectivity index (χ2v) is 6.55. The first-order valence-corrected chi connectivity index (χ1v) is 8.40. The van der Waals surface area contributed by atoms with E-state index in [1.165, 1.54) is 43.9 Å². The van der Waals surface area contributed by atoms with E-state index in [1.807, 2.05) is 0 Å². The molecular formula is C18H31N3. The molecule has 1 heterocycles. The molecule has 2 rings (SSSR count). The average Bonchev–Trinajstić information content (AvgIpc) is 2.49. The van der Waals surface area contributed by atoms with Crippen molar-refractivity contribution in [3.63, 3.8) is 0 Å². The summed E-state index contributed by atoms with van der Waals surface area (Å²) in [6.07, 6.45) is 0. The maximum absolute atomic E-state index is 3.50. The topological polar surface area (TPSA) is 18.5 Å². The predicted molar refractivity (Wildman–Crippen MR) is 90.4 cm³/mol. The first kappa shape index (κ1) is 16.5. The zero-order valence-electron chi connectivity index (χ0n) is 13.9. The number of nitrogens with zero attached hydrogens (tertiary/aromatic N) is 2. The Morgan fingerprint density at radius 3 is 2.10 bits per heavy atom. The highest BCUT2D eigenvalue weighted by molar-refractivity contribution is 5.22. The van der Waals surface area contributed by atoms with Crippen LogP contribution in [-0.2, 0) is 13.1 Å². The largest absolute Gasteiger partial charge is 0.312 e. The fourth-order valence-corrected chi connectivity index (χ4v) is 2.79. The molecule has 1 aliphatic heterocycles. The highest BCUT2D eigenvalue weighted by Gasteiger charge is 2.15. The molecule has 1 saturated heterocycles. The van der Waals surface area contributed by atoms with E-state index in [2.05, 4.69) is 60.2 Å². The number of likely N-dealkylation sites (N-methyl/N-ethyl adjacent to an activating group) is 1. The van der Waals surface area contributed by atoms with Gasteiger partial charge in [0.1, 0.15) is 0 Å². The first-order valence-electron chi connectivity index (χ1n) is 8.40. The summed E-state index contributed by atoms with van der Waals surface area (Å²) in [5.41, 5.74) is 2.82. The maximum Gasteiger partial charge on any atom is 0.0234 e. The Bertz CT molecular complexity index is 391. The fraction of sp³-hybridized carbons (Fsp3) is 0.667. The van der Waals surface area contributed by atoms with Crippen molar-refractivity contribution in [2.75, 3.05) is 39.3 Å². The van der Waals surface area contributed by atoms with E-state index in [1.54, 1.807) is 0 Å². The van der Waals surface area contributed by atoms with E-state index in [9.17, 15) is 0 Å². The van der Waals surface area contributed by atoms with Gasteiger partial charge in [-0.05, 0) is 30.1 Å². The van der Waals surface area contributed by atoms with Gasteiger partial charge < -0.3 is 10.2 Å². The van der Waals surface area contributed by atoms with E-state index in [4.69, 9.17) is 0 Å². The van der Waals surface area contributed by atoms with E-state index in [-0.39, 0.29) is 0 Å². The molecule has 0 radical (unpaired) electrons. The lowest BCUT2D eigenvalue weighted by atomic mass is 10.1. The molecule has 0 atom stereocenters. The Morgan fingerprint density at radius 2 is 1.52 bits per heavy atom. The van der Waals surface area contributed by atoms with Crippen LogP contribution in [0.5, 0.6) is 0 Å². The lowest BCUT2D eigenvalue weighted by molar-refractivity contribution is 0.132. The van der Waals surface area contributed by atoms with Crippen molar-refractivity contribution in [3.8, 4) is 0 Å². The lowest BCUT2D eigenvalue weighted by Gasteiger charge is -2.34. The van der Waals surface area contributed by atoms with Crippen molar-refractivity contribution in [1.29, 1.82) is 0 Å². The number of nitrogens with one attached hydrogen (secondary N) is 1. The van der Waals surface area contributed by atoms with Gasteiger partial charge >= 0.3 is 0 Å². The Balaban J connectivity index is 1.74. The van der Waals surface area contributed by atoms with Gasteiger partial charge in [-0.2, -0.15) is 0 Å². The van der Waals surface area contributed by atoms with Gasteiger partial charge in [0, 0.05) is 39.3 Å². The van der Waals surface area contributed by atoms with Crippen molar-refractivity contribution < 1.29 is 0 Å². The standard InChI is InChI=1S/C18H31N3/c1-4-20-9-11-21(12-10-20)15-18-7-5-17(6-8-18)14-19-13-16(2)3/h5-8,16,19H,4,9-15H2,1-3H3. The summed E-state index contributed by atoms with van der Waals surface area (Å²) in [7, 11) is 0. The van der Waals surface area contributed by atoms with Crippen LogP contribution < -0.4 is 5.32 Å². The minimum Gasteiger partial charge on any atom is -0.312 e. The molecule has 1 aromatic rings. The average molecular weight is 289 g/mol. The molecule has 1 aromatic carbocycles. The Hall–Kier alpha value is -0.900. The van der Waals surface area contributed by atoms with E-state index >= 15 is 0 Å². The normalized spacial score (nSPS) is 17.5. The summed E-state index contributed by atoms with van der Waals surface area (Å²) in [5, 5.41) is 3.50.